The average Bonchev–Trinajstić information content (AvgIpc) is 3.60. The van der Waals surface area contributed by atoms with Crippen LogP contribution in [0.25, 0.3) is 44.4 Å². The van der Waals surface area contributed by atoms with Crippen molar-refractivity contribution in [1.82, 2.24) is 19.3 Å². The Labute approximate surface area is 316 Å². The van der Waals surface area contributed by atoms with Crippen LogP contribution in [0.3, 0.4) is 0 Å². The number of unbranched alkanes of at least 4 members (excludes halogenated alkanes) is 1. The number of hydrogen-bond acceptors (Lipinski definition) is 3. The van der Waals surface area contributed by atoms with E-state index < -0.39 is 0 Å². The maximum Gasteiger partial charge on any atom is 2.00 e. The molecule has 0 amide bonds. The number of fused-ring (bicyclic) bond motifs is 3. The van der Waals surface area contributed by atoms with Gasteiger partial charge in [0, 0.05) is 34.5 Å². The van der Waals surface area contributed by atoms with Crippen LogP contribution in [0.4, 0.5) is 0 Å². The first-order chi connectivity index (χ1) is 24.2. The van der Waals surface area contributed by atoms with Gasteiger partial charge in [-0.2, -0.15) is 11.2 Å². The molecule has 0 N–H and O–H groups in total. The molecular weight excluding hydrogens is 719 g/mol. The predicted molar refractivity (Wildman–Crippen MR) is 206 cm³/mol. The Balaban J connectivity index is 0.00000448. The van der Waals surface area contributed by atoms with Crippen LogP contribution in [0.15, 0.2) is 79.0 Å². The summed E-state index contributed by atoms with van der Waals surface area (Å²) < 4.78 is 11.0. The first-order valence-electron chi connectivity index (χ1n) is 18.0. The summed E-state index contributed by atoms with van der Waals surface area (Å²) in [5.41, 5.74) is 14.0. The zero-order valence-electron chi connectivity index (χ0n) is 30.9. The second-order valence-corrected chi connectivity index (χ2v) is 13.9. The van der Waals surface area contributed by atoms with Gasteiger partial charge in [-0.05, 0) is 104 Å². The summed E-state index contributed by atoms with van der Waals surface area (Å²) in [7, 11) is 0. The summed E-state index contributed by atoms with van der Waals surface area (Å²) >= 11 is 0. The van der Waals surface area contributed by atoms with Crippen molar-refractivity contribution in [1.29, 1.82) is 0 Å². The van der Waals surface area contributed by atoms with E-state index in [2.05, 4.69) is 144 Å². The number of aryl methyl sites for hydroxylation is 5. The van der Waals surface area contributed by atoms with Gasteiger partial charge in [0.2, 0.25) is 0 Å². The number of nitrogens with zero attached hydrogens (tertiary/aromatic N) is 4. The van der Waals surface area contributed by atoms with E-state index in [4.69, 9.17) is 14.8 Å². The molecule has 51 heavy (non-hydrogen) atoms. The van der Waals surface area contributed by atoms with Gasteiger partial charge in [-0.3, -0.25) is 4.68 Å². The van der Waals surface area contributed by atoms with E-state index in [1.807, 2.05) is 12.3 Å². The summed E-state index contributed by atoms with van der Waals surface area (Å²) in [6.45, 7) is 17.6. The van der Waals surface area contributed by atoms with E-state index in [9.17, 15) is 0 Å². The van der Waals surface area contributed by atoms with Crippen molar-refractivity contribution in [3.05, 3.63) is 130 Å². The molecule has 0 saturated heterocycles. The molecule has 0 aliphatic rings. The molecule has 0 saturated carbocycles. The summed E-state index contributed by atoms with van der Waals surface area (Å²) in [5, 5.41) is 7.47. The Kier molecular flexibility index (Phi) is 10.7. The molecule has 0 fully saturated rings. The molecule has 0 spiro atoms. The van der Waals surface area contributed by atoms with E-state index in [1.54, 1.807) is 0 Å². The monoisotopic (exact) mass is 764 g/mol. The van der Waals surface area contributed by atoms with Gasteiger partial charge < -0.3 is 9.30 Å². The van der Waals surface area contributed by atoms with E-state index >= 15 is 0 Å². The Hall–Kier alpha value is -4.50. The van der Waals surface area contributed by atoms with Gasteiger partial charge in [0.05, 0.1) is 5.69 Å². The van der Waals surface area contributed by atoms with Crippen LogP contribution in [0.5, 0.6) is 11.5 Å². The molecule has 5 nitrogen and oxygen atoms in total. The molecule has 0 radical (unpaired) electrons. The third-order valence-corrected chi connectivity index (χ3v) is 9.82. The Bertz CT molecular complexity index is 2340. The first-order valence-corrected chi connectivity index (χ1v) is 18.0. The van der Waals surface area contributed by atoms with Gasteiger partial charge in [0.15, 0.2) is 0 Å². The van der Waals surface area contributed by atoms with Crippen molar-refractivity contribution < 1.29 is 25.2 Å². The number of rotatable bonds is 10. The minimum atomic E-state index is 0. The van der Waals surface area contributed by atoms with Crippen molar-refractivity contribution in [2.24, 2.45) is 0 Å². The minimum Gasteiger partial charge on any atom is -0.509 e. The zero-order chi connectivity index (χ0) is 35.1. The summed E-state index contributed by atoms with van der Waals surface area (Å²) in [4.78, 5) is 4.78. The van der Waals surface area contributed by atoms with Crippen molar-refractivity contribution in [2.45, 2.75) is 87.0 Å². The van der Waals surface area contributed by atoms with E-state index in [0.717, 1.165) is 64.7 Å². The van der Waals surface area contributed by atoms with Crippen LogP contribution in [-0.4, -0.2) is 19.3 Å². The minimum absolute atomic E-state index is 0. The van der Waals surface area contributed by atoms with Crippen LogP contribution >= 0.6 is 0 Å². The molecule has 0 atom stereocenters. The number of pyridine rings is 1. The summed E-state index contributed by atoms with van der Waals surface area (Å²) in [6, 6.07) is 33.0. The zero-order valence-corrected chi connectivity index (χ0v) is 32.5. The molecule has 7 aromatic rings. The fraction of sp³-hybridized carbons (Fsp3) is 0.289. The second kappa shape index (κ2) is 15.0. The SMILES string of the molecule is CCCCc1c(-c2c(C)cc(C)cc2C)c(C)nn1-c1[c-]c(Oc2[c-]c3c(cc2)c2ccccc2n3-c2cc(CC)ccn2)cc(C(C)C)c1.[Pd+2]. The molecule has 3 heterocycles. The summed E-state index contributed by atoms with van der Waals surface area (Å²) in [5.74, 6) is 2.44. The standard InChI is InChI=1S/C45H46N4O.Pd/c1-9-11-15-41-45(44-30(6)21-29(5)22-31(44)7)32(8)47-49(41)35-24-34(28(3)4)25-37(26-35)50-36-17-18-39-38-14-12-13-16-40(38)48(42(39)27-36)43-23-33(10-2)19-20-46-43;/h12-14,16-25,28H,9-11,15H2,1-8H3;/q-2;+2. The number of hydrogen-bond donors (Lipinski definition) is 0. The molecular formula is C45H46N4OPd. The second-order valence-electron chi connectivity index (χ2n) is 13.9. The van der Waals surface area contributed by atoms with Crippen LogP contribution in [0, 0.1) is 39.8 Å². The van der Waals surface area contributed by atoms with Gasteiger partial charge in [-0.15, -0.1) is 41.3 Å². The number of ether oxygens (including phenoxy) is 1. The fourth-order valence-electron chi connectivity index (χ4n) is 7.39. The third-order valence-electron chi connectivity index (χ3n) is 9.82. The van der Waals surface area contributed by atoms with Gasteiger partial charge in [0.1, 0.15) is 5.82 Å². The number of benzene rings is 4. The fourth-order valence-corrected chi connectivity index (χ4v) is 7.39. The van der Waals surface area contributed by atoms with Crippen molar-refractivity contribution in [2.75, 3.05) is 0 Å². The van der Waals surface area contributed by atoms with Crippen molar-refractivity contribution >= 4 is 21.8 Å². The predicted octanol–water partition coefficient (Wildman–Crippen LogP) is 11.7. The normalized spacial score (nSPS) is 11.5. The smallest absolute Gasteiger partial charge is 0.509 e. The molecule has 0 bridgehead atoms. The van der Waals surface area contributed by atoms with E-state index in [0.29, 0.717) is 11.5 Å². The molecule has 7 rings (SSSR count). The molecule has 0 unspecified atom stereocenters. The molecule has 4 aromatic carbocycles. The van der Waals surface area contributed by atoms with Gasteiger partial charge in [-0.25, -0.2) is 4.98 Å². The number of aromatic nitrogens is 4. The first kappa shape index (κ1) is 36.3. The van der Waals surface area contributed by atoms with Gasteiger partial charge >= 0.3 is 20.4 Å². The van der Waals surface area contributed by atoms with Gasteiger partial charge in [-0.1, -0.05) is 75.5 Å². The van der Waals surface area contributed by atoms with Crippen molar-refractivity contribution in [3.8, 4) is 34.1 Å². The Morgan fingerprint density at radius 3 is 2.29 bits per heavy atom. The van der Waals surface area contributed by atoms with E-state index in [-0.39, 0.29) is 26.3 Å². The summed E-state index contributed by atoms with van der Waals surface area (Å²) in [6.07, 6.45) is 5.94. The largest absolute Gasteiger partial charge is 2.00 e. The van der Waals surface area contributed by atoms with Crippen molar-refractivity contribution in [3.63, 3.8) is 0 Å². The molecule has 0 aliphatic heterocycles. The topological polar surface area (TPSA) is 44.9 Å². The van der Waals surface area contributed by atoms with Crippen LogP contribution in [0.2, 0.25) is 0 Å². The number of para-hydroxylation sites is 1. The Morgan fingerprint density at radius 2 is 1.57 bits per heavy atom. The molecule has 262 valence electrons. The quantitative estimate of drug-likeness (QED) is 0.103. The van der Waals surface area contributed by atoms with Crippen LogP contribution in [0.1, 0.15) is 85.7 Å². The average molecular weight is 765 g/mol. The third kappa shape index (κ3) is 6.93. The molecule has 0 aliphatic carbocycles. The van der Waals surface area contributed by atoms with E-state index in [1.165, 1.54) is 44.6 Å². The van der Waals surface area contributed by atoms with Crippen LogP contribution in [-0.2, 0) is 33.3 Å². The van der Waals surface area contributed by atoms with Gasteiger partial charge in [0.25, 0.3) is 0 Å². The van der Waals surface area contributed by atoms with Crippen LogP contribution < -0.4 is 4.74 Å². The molecule has 3 aromatic heterocycles. The maximum atomic E-state index is 6.68. The Morgan fingerprint density at radius 1 is 0.804 bits per heavy atom. The molecule has 6 heteroatoms. The maximum absolute atomic E-state index is 6.68.